The van der Waals surface area contributed by atoms with Crippen molar-refractivity contribution in [3.63, 3.8) is 0 Å². The van der Waals surface area contributed by atoms with Gasteiger partial charge in [-0.1, -0.05) is 11.6 Å². The number of aryl methyl sites for hydroxylation is 1. The summed E-state index contributed by atoms with van der Waals surface area (Å²) in [4.78, 5) is 19.8. The Morgan fingerprint density at radius 1 is 1.32 bits per heavy atom. The number of benzene rings is 1. The highest BCUT2D eigenvalue weighted by Gasteiger charge is 2.21. The topological polar surface area (TPSA) is 75.1 Å². The zero-order chi connectivity index (χ0) is 20.3. The van der Waals surface area contributed by atoms with Crippen molar-refractivity contribution in [3.05, 3.63) is 46.2 Å². The van der Waals surface area contributed by atoms with Crippen molar-refractivity contribution in [2.45, 2.75) is 20.4 Å². The molecule has 1 aromatic carbocycles. The molecule has 2 aromatic rings. The molecule has 0 spiro atoms. The van der Waals surface area contributed by atoms with Crippen molar-refractivity contribution in [1.82, 2.24) is 4.98 Å². The third-order valence-corrected chi connectivity index (χ3v) is 5.06. The number of hydrogen-bond donors (Lipinski definition) is 1. The van der Waals surface area contributed by atoms with Crippen molar-refractivity contribution < 1.29 is 19.4 Å². The number of morpholine rings is 1. The summed E-state index contributed by atoms with van der Waals surface area (Å²) in [6, 6.07) is 5.33. The second kappa shape index (κ2) is 8.67. The summed E-state index contributed by atoms with van der Waals surface area (Å²) in [5.41, 5.74) is 3.75. The summed E-state index contributed by atoms with van der Waals surface area (Å²) in [7, 11) is 1.60. The van der Waals surface area contributed by atoms with Crippen molar-refractivity contribution in [2.24, 2.45) is 0 Å². The zero-order valence-electron chi connectivity index (χ0n) is 16.2. The van der Waals surface area contributed by atoms with Crippen LogP contribution in [0.3, 0.4) is 0 Å². The fourth-order valence-corrected chi connectivity index (χ4v) is 3.59. The van der Waals surface area contributed by atoms with Gasteiger partial charge in [0.15, 0.2) is 0 Å². The Bertz CT molecular complexity index is 869. The van der Waals surface area contributed by atoms with E-state index in [4.69, 9.17) is 21.1 Å². The van der Waals surface area contributed by atoms with E-state index in [1.807, 2.05) is 26.0 Å². The number of anilines is 2. The minimum absolute atomic E-state index is 0.0979. The molecule has 1 amide bonds. The highest BCUT2D eigenvalue weighted by atomic mass is 35.5. The maximum absolute atomic E-state index is 12.0. The van der Waals surface area contributed by atoms with Crippen LogP contribution >= 0.6 is 11.6 Å². The lowest BCUT2D eigenvalue weighted by Gasteiger charge is -2.30. The minimum Gasteiger partial charge on any atom is -0.496 e. The van der Waals surface area contributed by atoms with Crippen LogP contribution in [0, 0.1) is 13.8 Å². The van der Waals surface area contributed by atoms with Gasteiger partial charge in [-0.15, -0.1) is 0 Å². The van der Waals surface area contributed by atoms with Gasteiger partial charge in [-0.3, -0.25) is 9.88 Å². The molecule has 2 heterocycles. The number of carboxylic acid groups (broad SMARTS) is 1. The van der Waals surface area contributed by atoms with Crippen LogP contribution in [0.2, 0.25) is 5.02 Å². The van der Waals surface area contributed by atoms with Gasteiger partial charge in [-0.25, -0.2) is 4.79 Å². The number of amides is 1. The molecule has 28 heavy (non-hydrogen) atoms. The Hall–Kier alpha value is -2.51. The van der Waals surface area contributed by atoms with E-state index in [9.17, 15) is 9.90 Å². The molecular weight excluding hydrogens is 382 g/mol. The average molecular weight is 406 g/mol. The summed E-state index contributed by atoms with van der Waals surface area (Å²) in [5.74, 6) is 0.718. The summed E-state index contributed by atoms with van der Waals surface area (Å²) >= 11 is 6.31. The number of hydrogen-bond acceptors (Lipinski definition) is 5. The van der Waals surface area contributed by atoms with Gasteiger partial charge in [0, 0.05) is 41.1 Å². The van der Waals surface area contributed by atoms with Crippen LogP contribution in [0.5, 0.6) is 5.75 Å². The van der Waals surface area contributed by atoms with E-state index in [1.54, 1.807) is 19.4 Å². The lowest BCUT2D eigenvalue weighted by molar-refractivity contribution is 0.122. The lowest BCUT2D eigenvalue weighted by Crippen LogP contribution is -2.36. The monoisotopic (exact) mass is 405 g/mol. The molecule has 0 bridgehead atoms. The molecule has 7 nitrogen and oxygen atoms in total. The smallest absolute Gasteiger partial charge is 0.412 e. The molecule has 1 N–H and O–H groups in total. The van der Waals surface area contributed by atoms with Gasteiger partial charge in [-0.05, 0) is 32.0 Å². The van der Waals surface area contributed by atoms with Crippen LogP contribution < -0.4 is 14.5 Å². The molecule has 1 fully saturated rings. The highest BCUT2D eigenvalue weighted by molar-refractivity contribution is 6.31. The molecule has 1 aliphatic rings. The van der Waals surface area contributed by atoms with Crippen molar-refractivity contribution >= 4 is 29.1 Å². The molecule has 150 valence electrons. The minimum atomic E-state index is -1.07. The van der Waals surface area contributed by atoms with Gasteiger partial charge < -0.3 is 19.5 Å². The molecule has 0 unspecified atom stereocenters. The van der Waals surface area contributed by atoms with E-state index in [0.717, 1.165) is 35.7 Å². The average Bonchev–Trinajstić information content (AvgIpc) is 2.67. The van der Waals surface area contributed by atoms with Gasteiger partial charge in [-0.2, -0.15) is 0 Å². The first-order chi connectivity index (χ1) is 13.4. The lowest BCUT2D eigenvalue weighted by atomic mass is 10.1. The van der Waals surface area contributed by atoms with Crippen LogP contribution in [0.1, 0.15) is 16.8 Å². The molecule has 1 aromatic heterocycles. The fourth-order valence-electron chi connectivity index (χ4n) is 3.37. The van der Waals surface area contributed by atoms with Gasteiger partial charge in [0.25, 0.3) is 0 Å². The summed E-state index contributed by atoms with van der Waals surface area (Å²) in [6.45, 7) is 6.63. The molecule has 3 rings (SSSR count). The Kier molecular flexibility index (Phi) is 6.26. The van der Waals surface area contributed by atoms with Crippen molar-refractivity contribution in [2.75, 3.05) is 43.2 Å². The summed E-state index contributed by atoms with van der Waals surface area (Å²) in [6.07, 6.45) is 0.620. The van der Waals surface area contributed by atoms with E-state index < -0.39 is 6.09 Å². The number of rotatable bonds is 5. The second-order valence-corrected chi connectivity index (χ2v) is 7.12. The van der Waals surface area contributed by atoms with Gasteiger partial charge in [0.05, 0.1) is 38.2 Å². The van der Waals surface area contributed by atoms with Crippen molar-refractivity contribution in [1.29, 1.82) is 0 Å². The second-order valence-electron chi connectivity index (χ2n) is 6.68. The first-order valence-electron chi connectivity index (χ1n) is 9.03. The summed E-state index contributed by atoms with van der Waals surface area (Å²) in [5, 5.41) is 10.3. The fraction of sp³-hybridized carbons (Fsp3) is 0.400. The van der Waals surface area contributed by atoms with E-state index in [0.29, 0.717) is 29.6 Å². The number of methoxy groups -OCH3 is 1. The Morgan fingerprint density at radius 3 is 2.68 bits per heavy atom. The van der Waals surface area contributed by atoms with Gasteiger partial charge in [0.2, 0.25) is 0 Å². The van der Waals surface area contributed by atoms with Crippen LogP contribution in [0.15, 0.2) is 24.4 Å². The molecule has 1 aliphatic heterocycles. The molecule has 0 aliphatic carbocycles. The van der Waals surface area contributed by atoms with Crippen LogP contribution in [-0.4, -0.2) is 49.6 Å². The third kappa shape index (κ3) is 4.31. The number of nitrogens with zero attached hydrogens (tertiary/aromatic N) is 3. The van der Waals surface area contributed by atoms with E-state index in [1.165, 1.54) is 4.90 Å². The molecular formula is C20H24ClN3O4. The number of ether oxygens (including phenoxy) is 2. The highest BCUT2D eigenvalue weighted by Crippen LogP contribution is 2.31. The quantitative estimate of drug-likeness (QED) is 0.813. The molecule has 8 heteroatoms. The van der Waals surface area contributed by atoms with E-state index in [-0.39, 0.29) is 6.54 Å². The van der Waals surface area contributed by atoms with Crippen molar-refractivity contribution in [3.8, 4) is 5.75 Å². The molecule has 0 saturated carbocycles. The maximum Gasteiger partial charge on any atom is 0.412 e. The Morgan fingerprint density at radius 2 is 2.04 bits per heavy atom. The standard InChI is InChI=1S/C20H24ClN3O4/c1-13-11-22-18(14(2)19(13)27-3)12-24(20(25)26)17-9-15(21)8-16(10-17)23-4-6-28-7-5-23/h8-11H,4-7,12H2,1-3H3,(H,25,26). The normalized spacial score (nSPS) is 14.1. The molecule has 0 atom stereocenters. The Labute approximate surface area is 169 Å². The Balaban J connectivity index is 1.95. The SMILES string of the molecule is COc1c(C)cnc(CN(C(=O)O)c2cc(Cl)cc(N3CCOCC3)c2)c1C. The number of carbonyl (C=O) groups is 1. The predicted molar refractivity (Wildman–Crippen MR) is 109 cm³/mol. The van der Waals surface area contributed by atoms with Gasteiger partial charge >= 0.3 is 6.09 Å². The van der Waals surface area contributed by atoms with Crippen LogP contribution in [0.4, 0.5) is 16.2 Å². The summed E-state index contributed by atoms with van der Waals surface area (Å²) < 4.78 is 10.8. The number of pyridine rings is 1. The van der Waals surface area contributed by atoms with Crippen LogP contribution in [-0.2, 0) is 11.3 Å². The van der Waals surface area contributed by atoms with E-state index in [2.05, 4.69) is 9.88 Å². The van der Waals surface area contributed by atoms with Gasteiger partial charge in [0.1, 0.15) is 5.75 Å². The first kappa shape index (κ1) is 20.2. The largest absolute Gasteiger partial charge is 0.496 e. The van der Waals surface area contributed by atoms with Crippen LogP contribution in [0.25, 0.3) is 0 Å². The zero-order valence-corrected chi connectivity index (χ0v) is 17.0. The molecule has 1 saturated heterocycles. The first-order valence-corrected chi connectivity index (χ1v) is 9.41. The predicted octanol–water partition coefficient (Wildman–Crippen LogP) is 3.88. The number of halogens is 1. The maximum atomic E-state index is 12.0. The third-order valence-electron chi connectivity index (χ3n) is 4.84. The van der Waals surface area contributed by atoms with E-state index >= 15 is 0 Å². The number of aromatic nitrogens is 1. The molecule has 0 radical (unpaired) electrons.